The van der Waals surface area contributed by atoms with E-state index in [4.69, 9.17) is 4.74 Å². The summed E-state index contributed by atoms with van der Waals surface area (Å²) >= 11 is 0. The Bertz CT molecular complexity index is 282. The SMILES string of the molecule is FC(F)(F)C1CCC(NCCCOC2CCCCC2)CC1. The van der Waals surface area contributed by atoms with E-state index in [1.807, 2.05) is 0 Å². The molecule has 0 amide bonds. The molecule has 5 heteroatoms. The molecule has 2 fully saturated rings. The number of nitrogens with one attached hydrogen (secondary N) is 1. The van der Waals surface area contributed by atoms with Crippen molar-refractivity contribution in [2.45, 2.75) is 82.5 Å². The van der Waals surface area contributed by atoms with E-state index < -0.39 is 12.1 Å². The van der Waals surface area contributed by atoms with Crippen molar-refractivity contribution in [1.29, 1.82) is 0 Å². The first-order chi connectivity index (χ1) is 10.1. The fourth-order valence-electron chi connectivity index (χ4n) is 3.49. The molecule has 0 saturated heterocycles. The second kappa shape index (κ2) is 8.37. The Hall–Kier alpha value is -0.290. The zero-order chi connectivity index (χ0) is 15.1. The van der Waals surface area contributed by atoms with Gasteiger partial charge in [0.2, 0.25) is 0 Å². The summed E-state index contributed by atoms with van der Waals surface area (Å²) in [6.45, 7) is 1.63. The quantitative estimate of drug-likeness (QED) is 0.733. The van der Waals surface area contributed by atoms with Crippen molar-refractivity contribution < 1.29 is 17.9 Å². The van der Waals surface area contributed by atoms with Crippen molar-refractivity contribution >= 4 is 0 Å². The molecule has 0 atom stereocenters. The molecule has 0 heterocycles. The molecule has 2 aliphatic carbocycles. The highest BCUT2D eigenvalue weighted by Gasteiger charge is 2.41. The van der Waals surface area contributed by atoms with E-state index in [1.54, 1.807) is 0 Å². The summed E-state index contributed by atoms with van der Waals surface area (Å²) in [7, 11) is 0. The third-order valence-electron chi connectivity index (χ3n) is 4.85. The topological polar surface area (TPSA) is 21.3 Å². The van der Waals surface area contributed by atoms with Crippen LogP contribution in [0.5, 0.6) is 0 Å². The summed E-state index contributed by atoms with van der Waals surface area (Å²) in [4.78, 5) is 0. The maximum atomic E-state index is 12.6. The summed E-state index contributed by atoms with van der Waals surface area (Å²) in [6, 6.07) is 0.262. The molecule has 1 N–H and O–H groups in total. The Kier molecular flexibility index (Phi) is 6.80. The van der Waals surface area contributed by atoms with Crippen molar-refractivity contribution in [3.8, 4) is 0 Å². The highest BCUT2D eigenvalue weighted by molar-refractivity contribution is 4.80. The van der Waals surface area contributed by atoms with Crippen LogP contribution in [0.3, 0.4) is 0 Å². The van der Waals surface area contributed by atoms with Gasteiger partial charge in [0.25, 0.3) is 0 Å². The molecule has 124 valence electrons. The third-order valence-corrected chi connectivity index (χ3v) is 4.85. The van der Waals surface area contributed by atoms with E-state index in [2.05, 4.69) is 5.32 Å². The fraction of sp³-hybridized carbons (Fsp3) is 1.00. The summed E-state index contributed by atoms with van der Waals surface area (Å²) in [5.41, 5.74) is 0. The molecule has 0 bridgehead atoms. The molecular weight excluding hydrogens is 279 g/mol. The number of ether oxygens (including phenoxy) is 1. The number of hydrogen-bond acceptors (Lipinski definition) is 2. The smallest absolute Gasteiger partial charge is 0.378 e. The maximum Gasteiger partial charge on any atom is 0.391 e. The van der Waals surface area contributed by atoms with Gasteiger partial charge in [-0.15, -0.1) is 0 Å². The van der Waals surface area contributed by atoms with Gasteiger partial charge in [-0.1, -0.05) is 19.3 Å². The summed E-state index contributed by atoms with van der Waals surface area (Å²) in [5.74, 6) is -1.08. The van der Waals surface area contributed by atoms with Crippen LogP contribution in [-0.4, -0.2) is 31.5 Å². The van der Waals surface area contributed by atoms with Gasteiger partial charge in [0, 0.05) is 12.6 Å². The molecular formula is C16H28F3NO. The lowest BCUT2D eigenvalue weighted by Gasteiger charge is -2.30. The minimum absolute atomic E-state index is 0.262. The summed E-state index contributed by atoms with van der Waals surface area (Å²) < 4.78 is 43.5. The average Bonchev–Trinajstić information content (AvgIpc) is 2.47. The van der Waals surface area contributed by atoms with Crippen LogP contribution in [-0.2, 0) is 4.74 Å². The van der Waals surface area contributed by atoms with Gasteiger partial charge < -0.3 is 10.1 Å². The normalized spacial score (nSPS) is 28.7. The summed E-state index contributed by atoms with van der Waals surface area (Å²) in [5, 5.41) is 3.38. The van der Waals surface area contributed by atoms with Gasteiger partial charge in [0.15, 0.2) is 0 Å². The van der Waals surface area contributed by atoms with Gasteiger partial charge in [-0.25, -0.2) is 0 Å². The minimum atomic E-state index is -4.00. The predicted octanol–water partition coefficient (Wildman–Crippen LogP) is 4.44. The van der Waals surface area contributed by atoms with Crippen molar-refractivity contribution in [3.05, 3.63) is 0 Å². The molecule has 2 nitrogen and oxygen atoms in total. The first-order valence-corrected chi connectivity index (χ1v) is 8.47. The Morgan fingerprint density at radius 2 is 1.57 bits per heavy atom. The highest BCUT2D eigenvalue weighted by Crippen LogP contribution is 2.37. The molecule has 0 aliphatic heterocycles. The van der Waals surface area contributed by atoms with Crippen LogP contribution in [0.15, 0.2) is 0 Å². The van der Waals surface area contributed by atoms with Crippen molar-refractivity contribution in [2.24, 2.45) is 5.92 Å². The molecule has 2 rings (SSSR count). The fourth-order valence-corrected chi connectivity index (χ4v) is 3.49. The Morgan fingerprint density at radius 1 is 0.905 bits per heavy atom. The van der Waals surface area contributed by atoms with Crippen molar-refractivity contribution in [2.75, 3.05) is 13.2 Å². The number of hydrogen-bond donors (Lipinski definition) is 1. The summed E-state index contributed by atoms with van der Waals surface area (Å²) in [6.07, 6.45) is 5.53. The molecule has 21 heavy (non-hydrogen) atoms. The van der Waals surface area contributed by atoms with Crippen LogP contribution in [0.2, 0.25) is 0 Å². The average molecular weight is 307 g/mol. The monoisotopic (exact) mass is 307 g/mol. The van der Waals surface area contributed by atoms with Crippen molar-refractivity contribution in [1.82, 2.24) is 5.32 Å². The van der Waals surface area contributed by atoms with Crippen LogP contribution in [0, 0.1) is 5.92 Å². The van der Waals surface area contributed by atoms with E-state index in [9.17, 15) is 13.2 Å². The van der Waals surface area contributed by atoms with E-state index in [0.29, 0.717) is 18.9 Å². The lowest BCUT2D eigenvalue weighted by Crippen LogP contribution is -2.37. The minimum Gasteiger partial charge on any atom is -0.378 e. The third kappa shape index (κ3) is 6.15. The Balaban J connectivity index is 1.48. The molecule has 0 aromatic rings. The Labute approximate surface area is 125 Å². The zero-order valence-electron chi connectivity index (χ0n) is 12.8. The van der Waals surface area contributed by atoms with Crippen molar-refractivity contribution in [3.63, 3.8) is 0 Å². The van der Waals surface area contributed by atoms with Gasteiger partial charge in [0.05, 0.1) is 12.0 Å². The van der Waals surface area contributed by atoms with Gasteiger partial charge in [-0.05, 0) is 51.5 Å². The Morgan fingerprint density at radius 3 is 2.19 bits per heavy atom. The lowest BCUT2D eigenvalue weighted by atomic mass is 9.85. The van der Waals surface area contributed by atoms with Gasteiger partial charge in [-0.3, -0.25) is 0 Å². The van der Waals surface area contributed by atoms with Gasteiger partial charge in [0.1, 0.15) is 0 Å². The molecule has 0 unspecified atom stereocenters. The lowest BCUT2D eigenvalue weighted by molar-refractivity contribution is -0.182. The first-order valence-electron chi connectivity index (χ1n) is 8.47. The van der Waals surface area contributed by atoms with Crippen LogP contribution in [0.1, 0.15) is 64.2 Å². The van der Waals surface area contributed by atoms with E-state index in [-0.39, 0.29) is 18.9 Å². The van der Waals surface area contributed by atoms with E-state index >= 15 is 0 Å². The predicted molar refractivity (Wildman–Crippen MR) is 77.2 cm³/mol. The molecule has 0 aromatic heterocycles. The largest absolute Gasteiger partial charge is 0.391 e. The van der Waals surface area contributed by atoms with Crippen LogP contribution in [0.4, 0.5) is 13.2 Å². The zero-order valence-corrected chi connectivity index (χ0v) is 12.8. The standard InChI is InChI=1S/C16H28F3NO/c17-16(18,19)13-7-9-14(10-8-13)20-11-4-12-21-15-5-2-1-3-6-15/h13-15,20H,1-12H2. The molecule has 2 aliphatic rings. The van der Waals surface area contributed by atoms with Gasteiger partial charge in [-0.2, -0.15) is 13.2 Å². The number of alkyl halides is 3. The van der Waals surface area contributed by atoms with Crippen LogP contribution in [0.25, 0.3) is 0 Å². The van der Waals surface area contributed by atoms with Gasteiger partial charge >= 0.3 is 6.18 Å². The number of rotatable bonds is 6. The second-order valence-electron chi connectivity index (χ2n) is 6.53. The second-order valence-corrected chi connectivity index (χ2v) is 6.53. The molecule has 0 spiro atoms. The molecule has 2 saturated carbocycles. The highest BCUT2D eigenvalue weighted by atomic mass is 19.4. The molecule has 0 radical (unpaired) electrons. The van der Waals surface area contributed by atoms with Crippen LogP contribution < -0.4 is 5.32 Å². The van der Waals surface area contributed by atoms with E-state index in [1.165, 1.54) is 32.1 Å². The molecule has 0 aromatic carbocycles. The first kappa shape index (κ1) is 17.1. The van der Waals surface area contributed by atoms with E-state index in [0.717, 1.165) is 19.6 Å². The maximum absolute atomic E-state index is 12.6. The van der Waals surface area contributed by atoms with Crippen LogP contribution >= 0.6 is 0 Å². The number of halogens is 3.